The Bertz CT molecular complexity index is 1600. The Morgan fingerprint density at radius 2 is 1.87 bits per heavy atom. The van der Waals surface area contributed by atoms with Crippen LogP contribution in [0.1, 0.15) is 11.1 Å². The van der Waals surface area contributed by atoms with Gasteiger partial charge in [-0.05, 0) is 58.5 Å². The molecule has 9 heteroatoms. The molecule has 3 N–H and O–H groups in total. The van der Waals surface area contributed by atoms with E-state index in [2.05, 4.69) is 9.97 Å². The molecule has 0 aliphatic rings. The predicted molar refractivity (Wildman–Crippen MR) is 150 cm³/mol. The Kier molecular flexibility index (Phi) is 7.55. The molecule has 5 aromatic rings. The van der Waals surface area contributed by atoms with Gasteiger partial charge in [0.05, 0.1) is 12.6 Å². The Labute approximate surface area is 228 Å². The lowest BCUT2D eigenvalue weighted by atomic mass is 10.00. The van der Waals surface area contributed by atoms with Crippen molar-refractivity contribution in [3.63, 3.8) is 0 Å². The highest BCUT2D eigenvalue weighted by Gasteiger charge is 2.16. The number of aliphatic carboxylic acids is 1. The van der Waals surface area contributed by atoms with Gasteiger partial charge in [-0.2, -0.15) is 0 Å². The number of ether oxygens (including phenoxy) is 2. The summed E-state index contributed by atoms with van der Waals surface area (Å²) >= 11 is 7.83. The van der Waals surface area contributed by atoms with Crippen LogP contribution in [0.25, 0.3) is 32.5 Å². The van der Waals surface area contributed by atoms with Gasteiger partial charge in [0.1, 0.15) is 29.4 Å². The van der Waals surface area contributed by atoms with Crippen molar-refractivity contribution in [2.45, 2.75) is 19.1 Å². The van der Waals surface area contributed by atoms with E-state index in [0.29, 0.717) is 17.5 Å². The van der Waals surface area contributed by atoms with Crippen molar-refractivity contribution in [3.05, 3.63) is 94.6 Å². The number of hydrogen-bond donors (Lipinski definition) is 2. The fraction of sp³-hybridized carbons (Fsp3) is 0.138. The average molecular weight is 546 g/mol. The molecule has 2 heterocycles. The van der Waals surface area contributed by atoms with Gasteiger partial charge in [0.15, 0.2) is 0 Å². The van der Waals surface area contributed by atoms with Gasteiger partial charge in [-0.1, -0.05) is 54.1 Å². The van der Waals surface area contributed by atoms with Crippen molar-refractivity contribution >= 4 is 39.1 Å². The summed E-state index contributed by atoms with van der Waals surface area (Å²) in [7, 11) is 1.64. The molecule has 0 aliphatic carbocycles. The summed E-state index contributed by atoms with van der Waals surface area (Å²) < 4.78 is 12.4. The van der Waals surface area contributed by atoms with E-state index in [4.69, 9.17) is 31.9 Å². The Morgan fingerprint density at radius 3 is 2.63 bits per heavy atom. The molecule has 0 saturated carbocycles. The predicted octanol–water partition coefficient (Wildman–Crippen LogP) is 6.22. The number of hydrogen-bond acceptors (Lipinski definition) is 7. The Morgan fingerprint density at radius 1 is 1.05 bits per heavy atom. The minimum absolute atomic E-state index is 0.266. The summed E-state index contributed by atoms with van der Waals surface area (Å²) in [5.74, 6) is 0.244. The number of nitrogens with zero attached hydrogens (tertiary/aromatic N) is 2. The summed E-state index contributed by atoms with van der Waals surface area (Å²) in [6.07, 6.45) is 1.77. The van der Waals surface area contributed by atoms with Gasteiger partial charge in [0.2, 0.25) is 5.88 Å². The SMILES string of the molecule is COc1cccc(-c2cc(Cl)ccc2COc2ncnc3c(-c4ccc(C[C@H](N)C(=O)O)cc4)csc23)c1. The van der Waals surface area contributed by atoms with E-state index >= 15 is 0 Å². The molecule has 0 radical (unpaired) electrons. The number of benzene rings is 3. The quantitative estimate of drug-likeness (QED) is 0.226. The third kappa shape index (κ3) is 5.47. The zero-order chi connectivity index (χ0) is 26.6. The lowest BCUT2D eigenvalue weighted by molar-refractivity contribution is -0.138. The van der Waals surface area contributed by atoms with Crippen LogP contribution in [-0.2, 0) is 17.8 Å². The molecular formula is C29H24ClN3O4S. The number of carboxylic acid groups (broad SMARTS) is 1. The standard InChI is InChI=1S/C29H24ClN3O4S/c1-36-22-4-2-3-19(12-22)23-13-21(30)10-9-20(23)14-37-28-27-26(32-16-33-28)24(15-38-27)18-7-5-17(6-8-18)11-25(31)29(34)35/h2-10,12-13,15-16,25H,11,14,31H2,1H3,(H,34,35)/t25-/m0/s1. The van der Waals surface area contributed by atoms with E-state index < -0.39 is 12.0 Å². The largest absolute Gasteiger partial charge is 0.497 e. The van der Waals surface area contributed by atoms with Crippen molar-refractivity contribution in [3.8, 4) is 33.9 Å². The topological polar surface area (TPSA) is 108 Å². The number of aromatic nitrogens is 2. The molecule has 38 heavy (non-hydrogen) atoms. The van der Waals surface area contributed by atoms with Crippen molar-refractivity contribution in [1.82, 2.24) is 9.97 Å². The van der Waals surface area contributed by atoms with Gasteiger partial charge in [-0.3, -0.25) is 4.79 Å². The zero-order valence-electron chi connectivity index (χ0n) is 20.4. The normalized spacial score (nSPS) is 11.9. The highest BCUT2D eigenvalue weighted by Crippen LogP contribution is 2.37. The highest BCUT2D eigenvalue weighted by molar-refractivity contribution is 7.18. The number of rotatable bonds is 9. The number of nitrogens with two attached hydrogens (primary N) is 1. The van der Waals surface area contributed by atoms with E-state index in [1.165, 1.54) is 17.7 Å². The van der Waals surface area contributed by atoms with Crippen LogP contribution >= 0.6 is 22.9 Å². The zero-order valence-corrected chi connectivity index (χ0v) is 22.0. The Hall–Kier alpha value is -3.98. The van der Waals surface area contributed by atoms with Crippen molar-refractivity contribution in [2.75, 3.05) is 7.11 Å². The van der Waals surface area contributed by atoms with Crippen molar-refractivity contribution < 1.29 is 19.4 Å². The minimum Gasteiger partial charge on any atom is -0.497 e. The van der Waals surface area contributed by atoms with Crippen LogP contribution in [-0.4, -0.2) is 34.2 Å². The molecule has 5 rings (SSSR count). The molecule has 0 amide bonds. The van der Waals surface area contributed by atoms with Gasteiger partial charge in [-0.15, -0.1) is 11.3 Å². The monoisotopic (exact) mass is 545 g/mol. The highest BCUT2D eigenvalue weighted by atomic mass is 35.5. The first-order valence-electron chi connectivity index (χ1n) is 11.8. The molecule has 0 saturated heterocycles. The van der Waals surface area contributed by atoms with Gasteiger partial charge in [0, 0.05) is 16.0 Å². The molecule has 0 aliphatic heterocycles. The van der Waals surface area contributed by atoms with Crippen molar-refractivity contribution in [1.29, 1.82) is 0 Å². The second-order valence-corrected chi connectivity index (χ2v) is 9.99. The molecule has 7 nitrogen and oxygen atoms in total. The lowest BCUT2D eigenvalue weighted by Crippen LogP contribution is -2.32. The number of carbonyl (C=O) groups is 1. The summed E-state index contributed by atoms with van der Waals surface area (Å²) in [5, 5.41) is 11.7. The number of fused-ring (bicyclic) bond motifs is 1. The number of methoxy groups -OCH3 is 1. The molecule has 0 unspecified atom stereocenters. The van der Waals surface area contributed by atoms with Crippen LogP contribution in [0, 0.1) is 0 Å². The fourth-order valence-electron chi connectivity index (χ4n) is 4.18. The van der Waals surface area contributed by atoms with E-state index in [1.807, 2.05) is 72.1 Å². The smallest absolute Gasteiger partial charge is 0.320 e. The first kappa shape index (κ1) is 25.7. The molecule has 1 atom stereocenters. The summed E-state index contributed by atoms with van der Waals surface area (Å²) in [6.45, 7) is 0.293. The van der Waals surface area contributed by atoms with E-state index in [-0.39, 0.29) is 6.42 Å². The van der Waals surface area contributed by atoms with Gasteiger partial charge >= 0.3 is 5.97 Å². The van der Waals surface area contributed by atoms with Crippen LogP contribution in [0.4, 0.5) is 0 Å². The van der Waals surface area contributed by atoms with Crippen LogP contribution in [0.2, 0.25) is 5.02 Å². The summed E-state index contributed by atoms with van der Waals surface area (Å²) in [4.78, 5) is 20.0. The van der Waals surface area contributed by atoms with Gasteiger partial charge < -0.3 is 20.3 Å². The molecule has 2 aromatic heterocycles. The molecule has 192 valence electrons. The Balaban J connectivity index is 1.40. The molecule has 0 fully saturated rings. The fourth-order valence-corrected chi connectivity index (χ4v) is 5.32. The number of carboxylic acids is 1. The maximum absolute atomic E-state index is 11.1. The van der Waals surface area contributed by atoms with Crippen molar-refractivity contribution in [2.24, 2.45) is 5.73 Å². The maximum Gasteiger partial charge on any atom is 0.320 e. The summed E-state index contributed by atoms with van der Waals surface area (Å²) in [6, 6.07) is 20.3. The molecule has 0 spiro atoms. The third-order valence-corrected chi connectivity index (χ3v) is 7.37. The van der Waals surface area contributed by atoms with E-state index in [0.717, 1.165) is 49.3 Å². The molecule has 3 aromatic carbocycles. The minimum atomic E-state index is -1.02. The summed E-state index contributed by atoms with van der Waals surface area (Å²) in [5.41, 5.74) is 12.1. The maximum atomic E-state index is 11.1. The van der Waals surface area contributed by atoms with Gasteiger partial charge in [0.25, 0.3) is 0 Å². The van der Waals surface area contributed by atoms with E-state index in [9.17, 15) is 4.79 Å². The molecule has 0 bridgehead atoms. The number of thiophene rings is 1. The first-order valence-corrected chi connectivity index (χ1v) is 13.0. The molecular weight excluding hydrogens is 522 g/mol. The average Bonchev–Trinajstić information content (AvgIpc) is 3.37. The van der Waals surface area contributed by atoms with Crippen LogP contribution in [0.5, 0.6) is 11.6 Å². The second-order valence-electron chi connectivity index (χ2n) is 8.67. The van der Waals surface area contributed by atoms with Gasteiger partial charge in [-0.25, -0.2) is 9.97 Å². The second kappa shape index (κ2) is 11.2. The lowest BCUT2D eigenvalue weighted by Gasteiger charge is -2.13. The first-order chi connectivity index (χ1) is 18.4. The van der Waals surface area contributed by atoms with Crippen LogP contribution in [0.15, 0.2) is 78.4 Å². The van der Waals surface area contributed by atoms with Crippen LogP contribution in [0.3, 0.4) is 0 Å². The third-order valence-electron chi connectivity index (χ3n) is 6.18. The van der Waals surface area contributed by atoms with E-state index in [1.54, 1.807) is 7.11 Å². The number of halogens is 1. The van der Waals surface area contributed by atoms with Crippen LogP contribution < -0.4 is 15.2 Å².